The lowest BCUT2D eigenvalue weighted by molar-refractivity contribution is -0.880. The zero-order chi connectivity index (χ0) is 24.4. The maximum absolute atomic E-state index is 12.7. The van der Waals surface area contributed by atoms with Crippen LogP contribution in [0.15, 0.2) is 30.3 Å². The monoisotopic (exact) mass is 470 g/mol. The number of cyclic esters (lactones) is 1. The number of carboxylic acids is 1. The molecule has 1 fully saturated rings. The predicted molar refractivity (Wildman–Crippen MR) is 123 cm³/mol. The molecule has 0 bridgehead atoms. The second kappa shape index (κ2) is 9.60. The minimum atomic E-state index is -1.06. The summed E-state index contributed by atoms with van der Waals surface area (Å²) in [5, 5.41) is 12.5. The Hall–Kier alpha value is -3.79. The average molecular weight is 471 g/mol. The summed E-state index contributed by atoms with van der Waals surface area (Å²) >= 11 is 0. The minimum absolute atomic E-state index is 0.125. The molecular formula is C24H28N3O7+. The topological polar surface area (TPSA) is 119 Å². The van der Waals surface area contributed by atoms with Crippen molar-refractivity contribution in [1.29, 1.82) is 0 Å². The molecule has 0 aromatic heterocycles. The fourth-order valence-corrected chi connectivity index (χ4v) is 4.39. The van der Waals surface area contributed by atoms with Crippen molar-refractivity contribution in [2.24, 2.45) is 0 Å². The Balaban J connectivity index is 1.50. The van der Waals surface area contributed by atoms with Crippen LogP contribution in [-0.4, -0.2) is 70.4 Å². The lowest BCUT2D eigenvalue weighted by Crippen LogP contribution is -3.12. The van der Waals surface area contributed by atoms with Gasteiger partial charge in [0.05, 0.1) is 65.1 Å². The van der Waals surface area contributed by atoms with E-state index in [1.165, 1.54) is 25.2 Å². The summed E-state index contributed by atoms with van der Waals surface area (Å²) in [7, 11) is 5.01. The van der Waals surface area contributed by atoms with Crippen molar-refractivity contribution >= 4 is 29.2 Å². The molecular weight excluding hydrogens is 442 g/mol. The summed E-state index contributed by atoms with van der Waals surface area (Å²) in [6, 6.07) is 8.20. The number of carboxylic acid groups (broad SMARTS) is 1. The van der Waals surface area contributed by atoms with Crippen LogP contribution in [0.2, 0.25) is 0 Å². The molecule has 10 heteroatoms. The lowest BCUT2D eigenvalue weighted by atomic mass is 10.0. The highest BCUT2D eigenvalue weighted by atomic mass is 16.6. The molecule has 10 nitrogen and oxygen atoms in total. The summed E-state index contributed by atoms with van der Waals surface area (Å²) in [4.78, 5) is 40.5. The van der Waals surface area contributed by atoms with Crippen LogP contribution >= 0.6 is 0 Å². The zero-order valence-corrected chi connectivity index (χ0v) is 19.3. The number of anilines is 2. The maximum Gasteiger partial charge on any atom is 0.343 e. The molecule has 3 N–H and O–H groups in total. The highest BCUT2D eigenvalue weighted by Crippen LogP contribution is 2.43. The molecule has 0 aliphatic carbocycles. The molecule has 0 spiro atoms. The number of hydrogen-bond acceptors (Lipinski definition) is 7. The molecule has 4 rings (SSSR count). The van der Waals surface area contributed by atoms with E-state index in [0.29, 0.717) is 22.7 Å². The smallest absolute Gasteiger partial charge is 0.343 e. The average Bonchev–Trinajstić information content (AvgIpc) is 3.13. The third-order valence-electron chi connectivity index (χ3n) is 6.22. The van der Waals surface area contributed by atoms with Gasteiger partial charge >= 0.3 is 11.9 Å². The van der Waals surface area contributed by atoms with Gasteiger partial charge in [0.2, 0.25) is 5.91 Å². The third kappa shape index (κ3) is 4.49. The zero-order valence-electron chi connectivity index (χ0n) is 19.3. The summed E-state index contributed by atoms with van der Waals surface area (Å²) in [5.41, 5.74) is 1.91. The fraction of sp³-hybridized carbons (Fsp3) is 0.375. The minimum Gasteiger partial charge on any atom is -0.493 e. The first kappa shape index (κ1) is 23.4. The van der Waals surface area contributed by atoms with Crippen LogP contribution in [0.4, 0.5) is 11.4 Å². The number of fused-ring (bicyclic) bond motifs is 1. The molecule has 0 radical (unpaired) electrons. The summed E-state index contributed by atoms with van der Waals surface area (Å²) in [6.07, 6.45) is -0.909. The molecule has 0 saturated carbocycles. The van der Waals surface area contributed by atoms with E-state index in [2.05, 4.69) is 17.3 Å². The number of rotatable bonds is 7. The summed E-state index contributed by atoms with van der Waals surface area (Å²) in [6.45, 7) is 3.38. The molecule has 1 unspecified atom stereocenters. The van der Waals surface area contributed by atoms with Crippen molar-refractivity contribution in [1.82, 2.24) is 0 Å². The Bertz CT molecular complexity index is 1130. The number of aromatic carboxylic acids is 1. The molecule has 2 aromatic rings. The Labute approximate surface area is 197 Å². The van der Waals surface area contributed by atoms with Gasteiger partial charge in [-0.1, -0.05) is 6.07 Å². The number of amides is 1. The van der Waals surface area contributed by atoms with Gasteiger partial charge in [0.15, 0.2) is 11.5 Å². The standard InChI is InChI=1S/C24H27N3O7/c1-26-8-10-27(11-9-26)17-6-4-14(12-16(17)23(29)30)25-20(28)13-19-15-5-7-18(32-2)22(33-3)21(15)24(31)34-19/h4-7,12,19H,8-11,13H2,1-3H3,(H,25,28)(H,29,30)/p+1. The van der Waals surface area contributed by atoms with E-state index in [0.717, 1.165) is 26.2 Å². The van der Waals surface area contributed by atoms with Gasteiger partial charge in [0.25, 0.3) is 0 Å². The third-order valence-corrected chi connectivity index (χ3v) is 6.22. The van der Waals surface area contributed by atoms with Crippen molar-refractivity contribution in [2.45, 2.75) is 12.5 Å². The number of methoxy groups -OCH3 is 2. The summed E-state index contributed by atoms with van der Waals surface area (Å²) in [5.74, 6) is -1.40. The quantitative estimate of drug-likeness (QED) is 0.513. The van der Waals surface area contributed by atoms with Gasteiger partial charge < -0.3 is 34.4 Å². The Morgan fingerprint density at radius 3 is 2.56 bits per heavy atom. The molecule has 1 saturated heterocycles. The molecule has 180 valence electrons. The molecule has 2 aliphatic heterocycles. The first-order chi connectivity index (χ1) is 16.3. The summed E-state index contributed by atoms with van der Waals surface area (Å²) < 4.78 is 16.0. The highest BCUT2D eigenvalue weighted by molar-refractivity contribution is 6.00. The van der Waals surface area contributed by atoms with Gasteiger partial charge in [-0.2, -0.15) is 0 Å². The number of nitrogens with zero attached hydrogens (tertiary/aromatic N) is 1. The lowest BCUT2D eigenvalue weighted by Gasteiger charge is -2.32. The molecule has 1 atom stereocenters. The second-order valence-corrected chi connectivity index (χ2v) is 8.39. The van der Waals surface area contributed by atoms with E-state index in [4.69, 9.17) is 14.2 Å². The number of carbonyl (C=O) groups excluding carboxylic acids is 2. The van der Waals surface area contributed by atoms with Crippen LogP contribution in [0.3, 0.4) is 0 Å². The van der Waals surface area contributed by atoms with E-state index in [-0.39, 0.29) is 23.3 Å². The van der Waals surface area contributed by atoms with E-state index in [9.17, 15) is 19.5 Å². The van der Waals surface area contributed by atoms with E-state index in [1.807, 2.05) is 0 Å². The first-order valence-electron chi connectivity index (χ1n) is 11.0. The van der Waals surface area contributed by atoms with Crippen LogP contribution in [0, 0.1) is 0 Å². The Kier molecular flexibility index (Phi) is 6.60. The van der Waals surface area contributed by atoms with Crippen molar-refractivity contribution in [2.75, 3.05) is 57.7 Å². The van der Waals surface area contributed by atoms with Crippen molar-refractivity contribution in [3.63, 3.8) is 0 Å². The van der Waals surface area contributed by atoms with Crippen molar-refractivity contribution < 1.29 is 38.6 Å². The fourth-order valence-electron chi connectivity index (χ4n) is 4.39. The molecule has 2 aromatic carbocycles. The van der Waals surface area contributed by atoms with Crippen molar-refractivity contribution in [3.05, 3.63) is 47.0 Å². The van der Waals surface area contributed by atoms with Crippen LogP contribution in [0.5, 0.6) is 11.5 Å². The molecule has 1 amide bonds. The number of piperazine rings is 1. The SMILES string of the molecule is COc1ccc2c(c1OC)C(=O)OC2CC(=O)Nc1ccc(N2CC[NH+](C)CC2)c(C(=O)O)c1. The number of nitrogens with one attached hydrogen (secondary N) is 2. The normalized spacial score (nSPS) is 17.7. The van der Waals surface area contributed by atoms with Crippen LogP contribution in [-0.2, 0) is 9.53 Å². The van der Waals surface area contributed by atoms with Gasteiger partial charge in [-0.3, -0.25) is 4.79 Å². The van der Waals surface area contributed by atoms with Crippen LogP contribution in [0.25, 0.3) is 0 Å². The van der Waals surface area contributed by atoms with Crippen LogP contribution in [0.1, 0.15) is 38.8 Å². The Morgan fingerprint density at radius 2 is 1.91 bits per heavy atom. The largest absolute Gasteiger partial charge is 0.493 e. The number of carbonyl (C=O) groups is 3. The highest BCUT2D eigenvalue weighted by Gasteiger charge is 2.37. The number of hydrogen-bond donors (Lipinski definition) is 3. The van der Waals surface area contributed by atoms with Crippen molar-refractivity contribution in [3.8, 4) is 11.5 Å². The van der Waals surface area contributed by atoms with Gasteiger partial charge in [-0.25, -0.2) is 9.59 Å². The van der Waals surface area contributed by atoms with Gasteiger partial charge in [-0.05, 0) is 24.3 Å². The number of likely N-dealkylation sites (N-methyl/N-ethyl adjacent to an activating group) is 1. The molecule has 2 aliphatic rings. The maximum atomic E-state index is 12.7. The molecule has 34 heavy (non-hydrogen) atoms. The second-order valence-electron chi connectivity index (χ2n) is 8.39. The number of ether oxygens (including phenoxy) is 3. The number of quaternary nitrogens is 1. The van der Waals surface area contributed by atoms with Gasteiger partial charge in [0.1, 0.15) is 11.7 Å². The first-order valence-corrected chi connectivity index (χ1v) is 11.0. The van der Waals surface area contributed by atoms with Gasteiger partial charge in [-0.15, -0.1) is 0 Å². The van der Waals surface area contributed by atoms with E-state index >= 15 is 0 Å². The Morgan fingerprint density at radius 1 is 1.18 bits per heavy atom. The predicted octanol–water partition coefficient (Wildman–Crippen LogP) is 0.977. The molecule has 2 heterocycles. The number of benzene rings is 2. The van der Waals surface area contributed by atoms with E-state index in [1.54, 1.807) is 24.3 Å². The van der Waals surface area contributed by atoms with E-state index < -0.39 is 23.9 Å². The number of esters is 1. The van der Waals surface area contributed by atoms with Crippen LogP contribution < -0.4 is 24.6 Å². The van der Waals surface area contributed by atoms with Gasteiger partial charge in [0, 0.05) is 11.3 Å².